The first-order valence-corrected chi connectivity index (χ1v) is 7.46. The van der Waals surface area contributed by atoms with Crippen molar-refractivity contribution in [3.05, 3.63) is 42.2 Å². The molecule has 0 aliphatic rings. The summed E-state index contributed by atoms with van der Waals surface area (Å²) in [6.45, 7) is 3.96. The number of aromatic nitrogens is 2. The van der Waals surface area contributed by atoms with E-state index in [4.69, 9.17) is 9.47 Å². The van der Waals surface area contributed by atoms with Crippen LogP contribution in [0.1, 0.15) is 19.9 Å². The third kappa shape index (κ3) is 2.42. The Bertz CT molecular complexity index is 856. The molecule has 1 aromatic heterocycles. The largest absolute Gasteiger partial charge is 0.493 e. The summed E-state index contributed by atoms with van der Waals surface area (Å²) in [7, 11) is 3.18. The van der Waals surface area contributed by atoms with Crippen LogP contribution in [0.4, 0.5) is 4.39 Å². The van der Waals surface area contributed by atoms with E-state index in [0.29, 0.717) is 22.7 Å². The lowest BCUT2D eigenvalue weighted by atomic mass is 10.1. The summed E-state index contributed by atoms with van der Waals surface area (Å²) in [6.07, 6.45) is 0. The van der Waals surface area contributed by atoms with E-state index < -0.39 is 0 Å². The van der Waals surface area contributed by atoms with Crippen LogP contribution >= 0.6 is 0 Å². The third-order valence-electron chi connectivity index (χ3n) is 3.83. The van der Waals surface area contributed by atoms with Gasteiger partial charge in [-0.2, -0.15) is 5.10 Å². The van der Waals surface area contributed by atoms with Crippen molar-refractivity contribution in [1.29, 1.82) is 0 Å². The van der Waals surface area contributed by atoms with Crippen molar-refractivity contribution in [1.82, 2.24) is 9.78 Å². The SMILES string of the molecule is COc1cccc(-c2nn(C(C)C)c3c(F)cccc23)c1OC. The van der Waals surface area contributed by atoms with E-state index in [1.54, 1.807) is 25.0 Å². The first-order valence-electron chi connectivity index (χ1n) is 7.46. The molecule has 0 fully saturated rings. The summed E-state index contributed by atoms with van der Waals surface area (Å²) in [5.41, 5.74) is 1.97. The first-order chi connectivity index (χ1) is 11.1. The third-order valence-corrected chi connectivity index (χ3v) is 3.83. The van der Waals surface area contributed by atoms with Crippen LogP contribution in [-0.2, 0) is 0 Å². The fourth-order valence-corrected chi connectivity index (χ4v) is 2.80. The minimum Gasteiger partial charge on any atom is -0.493 e. The highest BCUT2D eigenvalue weighted by Gasteiger charge is 2.21. The maximum absolute atomic E-state index is 14.3. The van der Waals surface area contributed by atoms with Gasteiger partial charge in [0.15, 0.2) is 11.5 Å². The maximum atomic E-state index is 14.3. The number of nitrogens with zero attached hydrogens (tertiary/aromatic N) is 2. The number of benzene rings is 2. The van der Waals surface area contributed by atoms with Crippen molar-refractivity contribution in [3.63, 3.8) is 0 Å². The minimum absolute atomic E-state index is 0.0414. The van der Waals surface area contributed by atoms with Crippen LogP contribution in [0.2, 0.25) is 0 Å². The highest BCUT2D eigenvalue weighted by atomic mass is 19.1. The molecule has 5 heteroatoms. The summed E-state index contributed by atoms with van der Waals surface area (Å²) in [6, 6.07) is 10.7. The Balaban J connectivity index is 2.36. The quantitative estimate of drug-likeness (QED) is 0.714. The lowest BCUT2D eigenvalue weighted by Gasteiger charge is -2.11. The van der Waals surface area contributed by atoms with Crippen molar-refractivity contribution >= 4 is 10.9 Å². The van der Waals surface area contributed by atoms with Gasteiger partial charge in [0.1, 0.15) is 17.0 Å². The number of para-hydroxylation sites is 2. The Labute approximate surface area is 134 Å². The fraction of sp³-hybridized carbons (Fsp3) is 0.278. The number of fused-ring (bicyclic) bond motifs is 1. The molecule has 0 saturated heterocycles. The summed E-state index contributed by atoms with van der Waals surface area (Å²) >= 11 is 0. The Morgan fingerprint density at radius 3 is 2.43 bits per heavy atom. The highest BCUT2D eigenvalue weighted by molar-refractivity contribution is 5.95. The molecule has 1 heterocycles. The second kappa shape index (κ2) is 5.91. The highest BCUT2D eigenvalue weighted by Crippen LogP contribution is 2.40. The molecule has 2 aromatic carbocycles. The molecule has 0 aliphatic carbocycles. The second-order valence-corrected chi connectivity index (χ2v) is 5.56. The minimum atomic E-state index is -0.281. The summed E-state index contributed by atoms with van der Waals surface area (Å²) < 4.78 is 26.9. The topological polar surface area (TPSA) is 36.3 Å². The van der Waals surface area contributed by atoms with Gasteiger partial charge < -0.3 is 9.47 Å². The zero-order valence-corrected chi connectivity index (χ0v) is 13.6. The van der Waals surface area contributed by atoms with Crippen molar-refractivity contribution < 1.29 is 13.9 Å². The fourth-order valence-electron chi connectivity index (χ4n) is 2.80. The molecule has 23 heavy (non-hydrogen) atoms. The molecule has 3 rings (SSSR count). The first kappa shape index (κ1) is 15.3. The van der Waals surface area contributed by atoms with Gasteiger partial charge in [0.05, 0.1) is 14.2 Å². The van der Waals surface area contributed by atoms with Crippen LogP contribution in [0.15, 0.2) is 36.4 Å². The molecular weight excluding hydrogens is 295 g/mol. The molecule has 0 saturated carbocycles. The van der Waals surface area contributed by atoms with E-state index in [1.807, 2.05) is 38.1 Å². The van der Waals surface area contributed by atoms with Gasteiger partial charge >= 0.3 is 0 Å². The van der Waals surface area contributed by atoms with Crippen LogP contribution in [0.25, 0.3) is 22.2 Å². The molecule has 120 valence electrons. The molecule has 0 unspecified atom stereocenters. The second-order valence-electron chi connectivity index (χ2n) is 5.56. The van der Waals surface area contributed by atoms with Gasteiger partial charge in [-0.25, -0.2) is 4.39 Å². The van der Waals surface area contributed by atoms with E-state index in [2.05, 4.69) is 5.10 Å². The zero-order chi connectivity index (χ0) is 16.6. The van der Waals surface area contributed by atoms with E-state index in [9.17, 15) is 4.39 Å². The smallest absolute Gasteiger partial charge is 0.170 e. The standard InChI is InChI=1S/C18H19FN2O2/c1-11(2)21-17-12(7-5-9-14(17)19)16(20-21)13-8-6-10-15(22-3)18(13)23-4/h5-11H,1-4H3. The Morgan fingerprint density at radius 1 is 1.04 bits per heavy atom. The summed E-state index contributed by atoms with van der Waals surface area (Å²) in [5, 5.41) is 5.40. The molecule has 3 aromatic rings. The maximum Gasteiger partial charge on any atom is 0.170 e. The average molecular weight is 314 g/mol. The number of methoxy groups -OCH3 is 2. The Hall–Kier alpha value is -2.56. The van der Waals surface area contributed by atoms with E-state index >= 15 is 0 Å². The molecular formula is C18H19FN2O2. The number of ether oxygens (including phenoxy) is 2. The van der Waals surface area contributed by atoms with Crippen molar-refractivity contribution in [2.24, 2.45) is 0 Å². The lowest BCUT2D eigenvalue weighted by molar-refractivity contribution is 0.356. The molecule has 0 N–H and O–H groups in total. The van der Waals surface area contributed by atoms with E-state index in [0.717, 1.165) is 10.9 Å². The van der Waals surface area contributed by atoms with E-state index in [-0.39, 0.29) is 11.9 Å². The molecule has 0 radical (unpaired) electrons. The molecule has 0 amide bonds. The van der Waals surface area contributed by atoms with Crippen LogP contribution in [0.5, 0.6) is 11.5 Å². The molecule has 0 spiro atoms. The van der Waals surface area contributed by atoms with Crippen molar-refractivity contribution in [2.75, 3.05) is 14.2 Å². The predicted octanol–water partition coefficient (Wildman–Crippen LogP) is 4.44. The van der Waals surface area contributed by atoms with Gasteiger partial charge in [0.2, 0.25) is 0 Å². The normalized spacial score (nSPS) is 11.2. The molecule has 0 atom stereocenters. The van der Waals surface area contributed by atoms with E-state index in [1.165, 1.54) is 6.07 Å². The van der Waals surface area contributed by atoms with Crippen LogP contribution < -0.4 is 9.47 Å². The van der Waals surface area contributed by atoms with Crippen LogP contribution in [-0.4, -0.2) is 24.0 Å². The number of hydrogen-bond donors (Lipinski definition) is 0. The summed E-state index contributed by atoms with van der Waals surface area (Å²) in [4.78, 5) is 0. The van der Waals surface area contributed by atoms with Gasteiger partial charge in [-0.3, -0.25) is 4.68 Å². The van der Waals surface area contributed by atoms with Crippen molar-refractivity contribution in [3.8, 4) is 22.8 Å². The Morgan fingerprint density at radius 2 is 1.78 bits per heavy atom. The zero-order valence-electron chi connectivity index (χ0n) is 13.6. The Kier molecular flexibility index (Phi) is 3.94. The molecule has 0 bridgehead atoms. The summed E-state index contributed by atoms with van der Waals surface area (Å²) in [5.74, 6) is 0.931. The monoisotopic (exact) mass is 314 g/mol. The van der Waals surface area contributed by atoms with Crippen LogP contribution in [0.3, 0.4) is 0 Å². The lowest BCUT2D eigenvalue weighted by Crippen LogP contribution is -2.03. The number of halogens is 1. The van der Waals surface area contributed by atoms with Crippen LogP contribution in [0, 0.1) is 5.82 Å². The number of rotatable bonds is 4. The van der Waals surface area contributed by atoms with Gasteiger partial charge in [0, 0.05) is 17.0 Å². The van der Waals surface area contributed by atoms with Gasteiger partial charge in [0.25, 0.3) is 0 Å². The van der Waals surface area contributed by atoms with Gasteiger partial charge in [-0.1, -0.05) is 18.2 Å². The van der Waals surface area contributed by atoms with Gasteiger partial charge in [-0.15, -0.1) is 0 Å². The number of hydrogen-bond acceptors (Lipinski definition) is 3. The predicted molar refractivity (Wildman–Crippen MR) is 88.6 cm³/mol. The molecule has 0 aliphatic heterocycles. The molecule has 4 nitrogen and oxygen atoms in total. The average Bonchev–Trinajstić information content (AvgIpc) is 2.95. The van der Waals surface area contributed by atoms with Gasteiger partial charge in [-0.05, 0) is 32.0 Å². The van der Waals surface area contributed by atoms with Crippen molar-refractivity contribution in [2.45, 2.75) is 19.9 Å².